The van der Waals surface area contributed by atoms with E-state index in [2.05, 4.69) is 4.98 Å². The lowest BCUT2D eigenvalue weighted by Crippen LogP contribution is -2.26. The van der Waals surface area contributed by atoms with Crippen molar-refractivity contribution < 1.29 is 8.42 Å². The number of halogens is 1. The van der Waals surface area contributed by atoms with Crippen LogP contribution in [0.2, 0.25) is 0 Å². The maximum Gasteiger partial charge on any atom is 0.265 e. The zero-order valence-corrected chi connectivity index (χ0v) is 11.4. The predicted molar refractivity (Wildman–Crippen MR) is 72.4 cm³/mol. The smallest absolute Gasteiger partial charge is 0.265 e. The second-order valence-electron chi connectivity index (χ2n) is 3.80. The third-order valence-electron chi connectivity index (χ3n) is 2.64. The number of nitrogens with one attached hydrogen (secondary N) is 1. The van der Waals surface area contributed by atoms with Gasteiger partial charge in [-0.05, 0) is 18.2 Å². The number of hydrogen-bond donors (Lipinski definition) is 1. The van der Waals surface area contributed by atoms with Crippen molar-refractivity contribution in [1.82, 2.24) is 4.98 Å². The molecule has 0 aliphatic rings. The number of aromatic nitrogens is 1. The number of anilines is 1. The average molecular weight is 285 g/mol. The number of nitrogens with zero attached hydrogens (tertiary/aromatic N) is 1. The molecule has 1 aromatic carbocycles. The lowest BCUT2D eigenvalue weighted by atomic mass is 10.3. The van der Waals surface area contributed by atoms with Gasteiger partial charge in [0.2, 0.25) is 0 Å². The molecule has 0 saturated heterocycles. The van der Waals surface area contributed by atoms with Crippen molar-refractivity contribution in [2.45, 2.75) is 10.8 Å². The van der Waals surface area contributed by atoms with Gasteiger partial charge in [0.05, 0.1) is 11.6 Å². The van der Waals surface area contributed by atoms with Crippen molar-refractivity contribution in [1.29, 1.82) is 0 Å². The Balaban J connectivity index is 2.37. The Labute approximate surface area is 111 Å². The zero-order valence-electron chi connectivity index (χ0n) is 9.80. The monoisotopic (exact) mass is 284 g/mol. The molecule has 96 valence electrons. The van der Waals surface area contributed by atoms with Crippen molar-refractivity contribution in [2.75, 3.05) is 11.4 Å². The molecule has 6 heteroatoms. The Kier molecular flexibility index (Phi) is 3.63. The molecular weight excluding hydrogens is 272 g/mol. The van der Waals surface area contributed by atoms with E-state index in [0.29, 0.717) is 11.4 Å². The van der Waals surface area contributed by atoms with E-state index in [-0.39, 0.29) is 10.8 Å². The fourth-order valence-electron chi connectivity index (χ4n) is 1.58. The van der Waals surface area contributed by atoms with E-state index in [9.17, 15) is 8.42 Å². The Morgan fingerprint density at radius 1 is 1.28 bits per heavy atom. The molecule has 0 amide bonds. The average Bonchev–Trinajstić information content (AvgIpc) is 2.88. The summed E-state index contributed by atoms with van der Waals surface area (Å²) >= 11 is 5.65. The zero-order chi connectivity index (χ0) is 13.2. The second-order valence-corrected chi connectivity index (χ2v) is 6.04. The van der Waals surface area contributed by atoms with Crippen LogP contribution in [-0.2, 0) is 15.9 Å². The van der Waals surface area contributed by atoms with Gasteiger partial charge in [0.25, 0.3) is 10.0 Å². The minimum atomic E-state index is -3.54. The normalized spacial score (nSPS) is 11.4. The first-order valence-corrected chi connectivity index (χ1v) is 7.30. The number of hydrogen-bond acceptors (Lipinski definition) is 2. The third-order valence-corrected chi connectivity index (χ3v) is 4.69. The van der Waals surface area contributed by atoms with Crippen LogP contribution in [-0.4, -0.2) is 20.4 Å². The number of benzene rings is 1. The molecule has 18 heavy (non-hydrogen) atoms. The highest BCUT2D eigenvalue weighted by Gasteiger charge is 2.22. The molecule has 0 unspecified atom stereocenters. The van der Waals surface area contributed by atoms with Gasteiger partial charge in [0.15, 0.2) is 0 Å². The summed E-state index contributed by atoms with van der Waals surface area (Å²) in [5.74, 6) is 0.255. The van der Waals surface area contributed by atoms with Crippen LogP contribution in [0.15, 0.2) is 47.5 Å². The number of sulfonamides is 1. The summed E-state index contributed by atoms with van der Waals surface area (Å²) in [6.45, 7) is 0. The molecule has 0 spiro atoms. The van der Waals surface area contributed by atoms with E-state index < -0.39 is 10.0 Å². The summed E-state index contributed by atoms with van der Waals surface area (Å²) < 4.78 is 25.9. The molecule has 0 aliphatic carbocycles. The molecule has 1 aromatic heterocycles. The Bertz CT molecular complexity index is 623. The highest BCUT2D eigenvalue weighted by atomic mass is 35.5. The molecule has 0 bridgehead atoms. The van der Waals surface area contributed by atoms with Gasteiger partial charge in [0, 0.05) is 18.9 Å². The van der Waals surface area contributed by atoms with Crippen LogP contribution >= 0.6 is 11.6 Å². The summed E-state index contributed by atoms with van der Waals surface area (Å²) in [6, 6.07) is 10.5. The van der Waals surface area contributed by atoms with Crippen molar-refractivity contribution in [3.05, 3.63) is 48.3 Å². The molecular formula is C12H13ClN2O2S. The van der Waals surface area contributed by atoms with Gasteiger partial charge in [0.1, 0.15) is 4.90 Å². The van der Waals surface area contributed by atoms with Crippen molar-refractivity contribution in [2.24, 2.45) is 0 Å². The molecule has 2 aromatic rings. The quantitative estimate of drug-likeness (QED) is 0.878. The highest BCUT2D eigenvalue weighted by Crippen LogP contribution is 2.22. The number of aromatic amines is 1. The van der Waals surface area contributed by atoms with Crippen LogP contribution in [0, 0.1) is 0 Å². The molecule has 1 heterocycles. The SMILES string of the molecule is CN(c1ccccc1)S(=O)(=O)c1c[nH]c(CCl)c1. The van der Waals surface area contributed by atoms with Crippen LogP contribution in [0.3, 0.4) is 0 Å². The standard InChI is InChI=1S/C12H13ClN2O2S/c1-15(11-5-3-2-4-6-11)18(16,17)12-7-10(8-13)14-9-12/h2-7,9,14H,8H2,1H3. The summed E-state index contributed by atoms with van der Waals surface area (Å²) in [5.41, 5.74) is 1.29. The van der Waals surface area contributed by atoms with Crippen LogP contribution in [0.1, 0.15) is 5.69 Å². The minimum absolute atomic E-state index is 0.213. The number of H-pyrrole nitrogens is 1. The van der Waals surface area contributed by atoms with Crippen LogP contribution < -0.4 is 4.31 Å². The van der Waals surface area contributed by atoms with Gasteiger partial charge in [-0.1, -0.05) is 18.2 Å². The van der Waals surface area contributed by atoms with Crippen molar-refractivity contribution in [3.8, 4) is 0 Å². The first-order valence-electron chi connectivity index (χ1n) is 5.33. The van der Waals surface area contributed by atoms with E-state index in [4.69, 9.17) is 11.6 Å². The van der Waals surface area contributed by atoms with E-state index in [1.807, 2.05) is 6.07 Å². The van der Waals surface area contributed by atoms with E-state index >= 15 is 0 Å². The molecule has 0 saturated carbocycles. The highest BCUT2D eigenvalue weighted by molar-refractivity contribution is 7.92. The molecule has 0 atom stereocenters. The lowest BCUT2D eigenvalue weighted by Gasteiger charge is -2.18. The van der Waals surface area contributed by atoms with Crippen LogP contribution in [0.5, 0.6) is 0 Å². The van der Waals surface area contributed by atoms with Crippen LogP contribution in [0.4, 0.5) is 5.69 Å². The topological polar surface area (TPSA) is 53.2 Å². The third kappa shape index (κ3) is 2.37. The molecule has 0 fully saturated rings. The predicted octanol–water partition coefficient (Wildman–Crippen LogP) is 2.58. The number of para-hydroxylation sites is 1. The largest absolute Gasteiger partial charge is 0.363 e. The maximum absolute atomic E-state index is 12.3. The Morgan fingerprint density at radius 2 is 1.94 bits per heavy atom. The van der Waals surface area contributed by atoms with Gasteiger partial charge in [-0.15, -0.1) is 11.6 Å². The number of alkyl halides is 1. The van der Waals surface area contributed by atoms with Gasteiger partial charge in [-0.25, -0.2) is 8.42 Å². The lowest BCUT2D eigenvalue weighted by molar-refractivity contribution is 0.594. The fraction of sp³-hybridized carbons (Fsp3) is 0.167. The first-order chi connectivity index (χ1) is 8.55. The second kappa shape index (κ2) is 5.04. The van der Waals surface area contributed by atoms with Gasteiger partial charge < -0.3 is 4.98 Å². The summed E-state index contributed by atoms with van der Waals surface area (Å²) in [7, 11) is -2.01. The molecule has 2 rings (SSSR count). The molecule has 0 aliphatic heterocycles. The maximum atomic E-state index is 12.3. The van der Waals surface area contributed by atoms with Crippen LogP contribution in [0.25, 0.3) is 0 Å². The van der Waals surface area contributed by atoms with Gasteiger partial charge in [-0.2, -0.15) is 0 Å². The molecule has 4 nitrogen and oxygen atoms in total. The van der Waals surface area contributed by atoms with E-state index in [1.165, 1.54) is 17.5 Å². The summed E-state index contributed by atoms with van der Waals surface area (Å²) in [4.78, 5) is 3.04. The fourth-order valence-corrected chi connectivity index (χ4v) is 2.95. The minimum Gasteiger partial charge on any atom is -0.363 e. The van der Waals surface area contributed by atoms with E-state index in [0.717, 1.165) is 0 Å². The van der Waals surface area contributed by atoms with Gasteiger partial charge in [-0.3, -0.25) is 4.31 Å². The van der Waals surface area contributed by atoms with Crippen molar-refractivity contribution in [3.63, 3.8) is 0 Å². The molecule has 1 N–H and O–H groups in total. The molecule has 0 radical (unpaired) electrons. The van der Waals surface area contributed by atoms with Crippen molar-refractivity contribution >= 4 is 27.3 Å². The number of rotatable bonds is 4. The summed E-state index contributed by atoms with van der Waals surface area (Å²) in [5, 5.41) is 0. The van der Waals surface area contributed by atoms with Gasteiger partial charge >= 0.3 is 0 Å². The first kappa shape index (κ1) is 13.0. The summed E-state index contributed by atoms with van der Waals surface area (Å²) in [6.07, 6.45) is 1.45. The Hall–Kier alpha value is -1.46. The van der Waals surface area contributed by atoms with E-state index in [1.54, 1.807) is 30.3 Å². The Morgan fingerprint density at radius 3 is 2.50 bits per heavy atom.